The van der Waals surface area contributed by atoms with Crippen molar-refractivity contribution in [3.8, 4) is 0 Å². The summed E-state index contributed by atoms with van der Waals surface area (Å²) in [7, 11) is 0. The van der Waals surface area contributed by atoms with Crippen molar-refractivity contribution >= 4 is 17.4 Å². The first-order valence-corrected chi connectivity index (χ1v) is 9.45. The van der Waals surface area contributed by atoms with Gasteiger partial charge in [0, 0.05) is 25.5 Å². The lowest BCUT2D eigenvalue weighted by molar-refractivity contribution is -0.138. The number of piperidine rings is 1. The Bertz CT molecular complexity index is 877. The average Bonchev–Trinajstić information content (AvgIpc) is 2.94. The lowest BCUT2D eigenvalue weighted by Crippen LogP contribution is -2.39. The molecule has 1 atom stereocenters. The number of pyridine rings is 1. The molecule has 0 N–H and O–H groups in total. The molecule has 27 heavy (non-hydrogen) atoms. The third kappa shape index (κ3) is 3.37. The molecule has 5 heteroatoms. The number of hydrogen-bond acceptors (Lipinski definition) is 4. The summed E-state index contributed by atoms with van der Waals surface area (Å²) in [6.45, 7) is 4.10. The Morgan fingerprint density at radius 3 is 2.48 bits per heavy atom. The van der Waals surface area contributed by atoms with Gasteiger partial charge in [-0.3, -0.25) is 19.5 Å². The van der Waals surface area contributed by atoms with Gasteiger partial charge < -0.3 is 4.90 Å². The molecule has 1 unspecified atom stereocenters. The summed E-state index contributed by atoms with van der Waals surface area (Å²) in [4.78, 5) is 34.1. The monoisotopic (exact) mass is 361 g/mol. The maximum absolute atomic E-state index is 13.3. The maximum Gasteiger partial charge on any atom is 0.278 e. The van der Waals surface area contributed by atoms with Gasteiger partial charge in [-0.05, 0) is 42.0 Å². The number of amides is 2. The van der Waals surface area contributed by atoms with E-state index in [0.29, 0.717) is 17.2 Å². The Morgan fingerprint density at radius 2 is 1.78 bits per heavy atom. The van der Waals surface area contributed by atoms with E-state index in [9.17, 15) is 9.59 Å². The number of likely N-dealkylation sites (tertiary alicyclic amines) is 1. The number of carbonyl (C=O) groups excluding carboxylic acids is 2. The predicted octanol–water partition coefficient (Wildman–Crippen LogP) is 3.09. The van der Waals surface area contributed by atoms with Crippen LogP contribution in [-0.4, -0.2) is 39.7 Å². The predicted molar refractivity (Wildman–Crippen MR) is 103 cm³/mol. The van der Waals surface area contributed by atoms with E-state index in [4.69, 9.17) is 0 Å². The Balaban J connectivity index is 1.73. The van der Waals surface area contributed by atoms with Crippen LogP contribution in [0, 0.1) is 5.92 Å². The summed E-state index contributed by atoms with van der Waals surface area (Å²) in [6.07, 6.45) is 5.56. The number of imide groups is 1. The summed E-state index contributed by atoms with van der Waals surface area (Å²) < 4.78 is 0. The second kappa shape index (κ2) is 7.35. The molecule has 2 amide bonds. The van der Waals surface area contributed by atoms with Crippen LogP contribution in [0.4, 0.5) is 0 Å². The minimum Gasteiger partial charge on any atom is -0.366 e. The Labute approximate surface area is 159 Å². The van der Waals surface area contributed by atoms with Gasteiger partial charge in [-0.15, -0.1) is 0 Å². The van der Waals surface area contributed by atoms with Crippen LogP contribution in [0.2, 0.25) is 0 Å². The summed E-state index contributed by atoms with van der Waals surface area (Å²) in [6, 6.07) is 13.2. The van der Waals surface area contributed by atoms with Gasteiger partial charge in [0.25, 0.3) is 11.8 Å². The van der Waals surface area contributed by atoms with Crippen molar-refractivity contribution in [1.82, 2.24) is 14.8 Å². The van der Waals surface area contributed by atoms with Crippen LogP contribution in [0.15, 0.2) is 60.6 Å². The molecule has 2 aromatic rings. The summed E-state index contributed by atoms with van der Waals surface area (Å²) in [5.74, 6) is 0.112. The second-order valence-electron chi connectivity index (χ2n) is 7.33. The SMILES string of the molecule is CC1CCCN(C2=C(c3ccccc3)C(=O)N(Cc3ccncc3)C2=O)C1. The van der Waals surface area contributed by atoms with E-state index in [1.165, 1.54) is 4.90 Å². The fraction of sp³-hybridized carbons (Fsp3) is 0.318. The Morgan fingerprint density at radius 1 is 1.04 bits per heavy atom. The minimum absolute atomic E-state index is 0.190. The lowest BCUT2D eigenvalue weighted by atomic mass is 9.98. The third-order valence-electron chi connectivity index (χ3n) is 5.27. The van der Waals surface area contributed by atoms with Gasteiger partial charge in [-0.25, -0.2) is 0 Å². The molecule has 2 aliphatic heterocycles. The van der Waals surface area contributed by atoms with Crippen LogP contribution >= 0.6 is 0 Å². The van der Waals surface area contributed by atoms with Crippen molar-refractivity contribution in [3.05, 3.63) is 71.7 Å². The zero-order chi connectivity index (χ0) is 18.8. The normalized spacial score (nSPS) is 20.6. The Hall–Kier alpha value is -2.95. The van der Waals surface area contributed by atoms with E-state index in [2.05, 4.69) is 16.8 Å². The summed E-state index contributed by atoms with van der Waals surface area (Å²) >= 11 is 0. The molecular formula is C22H23N3O2. The molecule has 0 aliphatic carbocycles. The fourth-order valence-electron chi connectivity index (χ4n) is 3.93. The van der Waals surface area contributed by atoms with E-state index in [1.54, 1.807) is 12.4 Å². The van der Waals surface area contributed by atoms with Crippen molar-refractivity contribution in [3.63, 3.8) is 0 Å². The van der Waals surface area contributed by atoms with Gasteiger partial charge >= 0.3 is 0 Å². The van der Waals surface area contributed by atoms with Gasteiger partial charge in [0.2, 0.25) is 0 Å². The highest BCUT2D eigenvalue weighted by Crippen LogP contribution is 2.34. The van der Waals surface area contributed by atoms with Crippen LogP contribution in [0.5, 0.6) is 0 Å². The van der Waals surface area contributed by atoms with Crippen molar-refractivity contribution < 1.29 is 9.59 Å². The minimum atomic E-state index is -0.212. The van der Waals surface area contributed by atoms with Crippen LogP contribution in [-0.2, 0) is 16.1 Å². The molecule has 1 aromatic carbocycles. The van der Waals surface area contributed by atoms with E-state index in [1.807, 2.05) is 42.5 Å². The maximum atomic E-state index is 13.3. The molecule has 2 aliphatic rings. The van der Waals surface area contributed by atoms with Crippen LogP contribution in [0.3, 0.4) is 0 Å². The zero-order valence-electron chi connectivity index (χ0n) is 15.5. The third-order valence-corrected chi connectivity index (χ3v) is 5.27. The number of benzene rings is 1. The van der Waals surface area contributed by atoms with Gasteiger partial charge in [0.15, 0.2) is 0 Å². The van der Waals surface area contributed by atoms with Crippen molar-refractivity contribution in [2.75, 3.05) is 13.1 Å². The number of aromatic nitrogens is 1. The van der Waals surface area contributed by atoms with E-state index in [-0.39, 0.29) is 18.4 Å². The largest absolute Gasteiger partial charge is 0.366 e. The smallest absolute Gasteiger partial charge is 0.278 e. The standard InChI is InChI=1S/C22H23N3O2/c1-16-6-5-13-24(14-16)20-19(18-7-3-2-4-8-18)21(26)25(22(20)27)15-17-9-11-23-12-10-17/h2-4,7-12,16H,5-6,13-15H2,1H3. The van der Waals surface area contributed by atoms with E-state index < -0.39 is 0 Å². The molecule has 0 radical (unpaired) electrons. The topological polar surface area (TPSA) is 53.5 Å². The summed E-state index contributed by atoms with van der Waals surface area (Å²) in [5, 5.41) is 0. The molecule has 0 bridgehead atoms. The van der Waals surface area contributed by atoms with Gasteiger partial charge in [-0.1, -0.05) is 37.3 Å². The highest BCUT2D eigenvalue weighted by molar-refractivity contribution is 6.35. The van der Waals surface area contributed by atoms with Crippen molar-refractivity contribution in [1.29, 1.82) is 0 Å². The summed E-state index contributed by atoms with van der Waals surface area (Å²) in [5.41, 5.74) is 2.80. The van der Waals surface area contributed by atoms with Crippen molar-refractivity contribution in [2.45, 2.75) is 26.3 Å². The van der Waals surface area contributed by atoms with Crippen LogP contribution in [0.25, 0.3) is 5.57 Å². The van der Waals surface area contributed by atoms with Crippen LogP contribution in [0.1, 0.15) is 30.9 Å². The molecule has 1 saturated heterocycles. The molecule has 3 heterocycles. The molecule has 138 valence electrons. The molecule has 1 fully saturated rings. The molecule has 1 aromatic heterocycles. The highest BCUT2D eigenvalue weighted by atomic mass is 16.2. The quantitative estimate of drug-likeness (QED) is 0.786. The first-order chi connectivity index (χ1) is 13.1. The fourth-order valence-corrected chi connectivity index (χ4v) is 3.93. The average molecular weight is 361 g/mol. The molecule has 0 spiro atoms. The van der Waals surface area contributed by atoms with Crippen LogP contribution < -0.4 is 0 Å². The van der Waals surface area contributed by atoms with Gasteiger partial charge in [-0.2, -0.15) is 0 Å². The molecule has 4 rings (SSSR count). The Kier molecular flexibility index (Phi) is 4.75. The van der Waals surface area contributed by atoms with Gasteiger partial charge in [0.1, 0.15) is 5.70 Å². The number of carbonyl (C=O) groups is 2. The molecule has 0 saturated carbocycles. The highest BCUT2D eigenvalue weighted by Gasteiger charge is 2.42. The lowest BCUT2D eigenvalue weighted by Gasteiger charge is -2.33. The number of hydrogen-bond donors (Lipinski definition) is 0. The first kappa shape index (κ1) is 17.5. The first-order valence-electron chi connectivity index (χ1n) is 9.45. The van der Waals surface area contributed by atoms with Crippen molar-refractivity contribution in [2.24, 2.45) is 5.92 Å². The second-order valence-corrected chi connectivity index (χ2v) is 7.33. The van der Waals surface area contributed by atoms with E-state index >= 15 is 0 Å². The van der Waals surface area contributed by atoms with Gasteiger partial charge in [0.05, 0.1) is 12.1 Å². The number of nitrogens with zero attached hydrogens (tertiary/aromatic N) is 3. The molecular weight excluding hydrogens is 338 g/mol. The van der Waals surface area contributed by atoms with E-state index in [0.717, 1.165) is 37.1 Å². The number of rotatable bonds is 4. The molecule has 5 nitrogen and oxygen atoms in total. The zero-order valence-corrected chi connectivity index (χ0v) is 15.5.